The van der Waals surface area contributed by atoms with Crippen LogP contribution in [0.5, 0.6) is 0 Å². The van der Waals surface area contributed by atoms with E-state index >= 15 is 0 Å². The summed E-state index contributed by atoms with van der Waals surface area (Å²) in [5.74, 6) is -0.797. The topological polar surface area (TPSA) is 108 Å². The number of allylic oxidation sites excluding steroid dienone is 4. The summed E-state index contributed by atoms with van der Waals surface area (Å²) in [5, 5.41) is 0. The van der Waals surface area contributed by atoms with E-state index in [9.17, 15) is 19.0 Å². The summed E-state index contributed by atoms with van der Waals surface area (Å²) in [7, 11) is -3.19. The van der Waals surface area contributed by atoms with E-state index in [-0.39, 0.29) is 19.0 Å². The lowest BCUT2D eigenvalue weighted by Crippen LogP contribution is -2.29. The van der Waals surface area contributed by atoms with Crippen molar-refractivity contribution in [3.05, 3.63) is 24.3 Å². The van der Waals surface area contributed by atoms with Gasteiger partial charge < -0.3 is 14.4 Å². The Balaban J connectivity index is 3.91. The first-order chi connectivity index (χ1) is 26.3. The Bertz CT molecular complexity index is 937. The highest BCUT2D eigenvalue weighted by Gasteiger charge is 2.24. The van der Waals surface area contributed by atoms with Crippen LogP contribution < -0.4 is 0 Å². The minimum atomic E-state index is -4.26. The van der Waals surface area contributed by atoms with E-state index in [0.717, 1.165) is 45.6 Å². The van der Waals surface area contributed by atoms with Crippen molar-refractivity contribution in [2.75, 3.05) is 20.3 Å². The molecule has 0 heterocycles. The summed E-state index contributed by atoms with van der Waals surface area (Å²) in [6.07, 6.45) is 46.6. The van der Waals surface area contributed by atoms with Gasteiger partial charge in [-0.05, 0) is 44.9 Å². The van der Waals surface area contributed by atoms with E-state index in [0.29, 0.717) is 12.8 Å². The number of rotatable bonds is 42. The van der Waals surface area contributed by atoms with Gasteiger partial charge in [0.15, 0.2) is 6.10 Å². The van der Waals surface area contributed by atoms with Crippen LogP contribution in [0.15, 0.2) is 24.3 Å². The summed E-state index contributed by atoms with van der Waals surface area (Å²) in [5.41, 5.74) is 0. The molecular weight excluding hydrogens is 699 g/mol. The fourth-order valence-corrected chi connectivity index (χ4v) is 6.91. The second-order valence-corrected chi connectivity index (χ2v) is 16.8. The summed E-state index contributed by atoms with van der Waals surface area (Å²) in [4.78, 5) is 34.5. The van der Waals surface area contributed by atoms with Crippen molar-refractivity contribution in [3.63, 3.8) is 0 Å². The van der Waals surface area contributed by atoms with Gasteiger partial charge in [0, 0.05) is 20.0 Å². The highest BCUT2D eigenvalue weighted by molar-refractivity contribution is 7.47. The van der Waals surface area contributed by atoms with Gasteiger partial charge in [0.25, 0.3) is 0 Å². The maximum absolute atomic E-state index is 12.5. The number of ether oxygens (including phenoxy) is 2. The zero-order valence-corrected chi connectivity index (χ0v) is 36.3. The molecule has 0 rings (SSSR count). The third kappa shape index (κ3) is 40.2. The fraction of sp³-hybridized carbons (Fsp3) is 0.867. The molecule has 0 radical (unpaired) electrons. The molecule has 0 bridgehead atoms. The maximum Gasteiger partial charge on any atom is 0.472 e. The van der Waals surface area contributed by atoms with Crippen LogP contribution in [-0.2, 0) is 32.7 Å². The number of hydrogen-bond acceptors (Lipinski definition) is 7. The van der Waals surface area contributed by atoms with Crippen LogP contribution in [0.2, 0.25) is 0 Å². The SMILES string of the molecule is CCCCCCC/C=C\C/C=C\CCCCCCCCCCCCCC(=O)OC(COC(=O)CCCCCCCCCCCCCC)COP(=O)(O)OC. The van der Waals surface area contributed by atoms with Crippen molar-refractivity contribution in [1.82, 2.24) is 0 Å². The van der Waals surface area contributed by atoms with Crippen LogP contribution in [0.25, 0.3) is 0 Å². The maximum atomic E-state index is 12.5. The molecule has 0 aromatic heterocycles. The first kappa shape index (κ1) is 52.5. The molecular formula is C45H85O8P. The highest BCUT2D eigenvalue weighted by atomic mass is 31.2. The molecule has 0 aliphatic rings. The smallest absolute Gasteiger partial charge is 0.462 e. The first-order valence-electron chi connectivity index (χ1n) is 22.5. The van der Waals surface area contributed by atoms with Crippen LogP contribution in [-0.4, -0.2) is 43.3 Å². The van der Waals surface area contributed by atoms with Gasteiger partial charge in [0.1, 0.15) is 6.61 Å². The lowest BCUT2D eigenvalue weighted by atomic mass is 10.0. The molecule has 0 fully saturated rings. The number of unbranched alkanes of at least 4 members (excludes halogenated alkanes) is 27. The fourth-order valence-electron chi connectivity index (χ4n) is 6.45. The number of phosphoric acid groups is 1. The normalized spacial score (nSPS) is 13.5. The Hall–Kier alpha value is -1.47. The molecule has 0 spiro atoms. The minimum Gasteiger partial charge on any atom is -0.462 e. The van der Waals surface area contributed by atoms with Gasteiger partial charge >= 0.3 is 19.8 Å². The molecule has 0 saturated heterocycles. The largest absolute Gasteiger partial charge is 0.472 e. The molecule has 1 N–H and O–H groups in total. The molecule has 318 valence electrons. The van der Waals surface area contributed by atoms with Gasteiger partial charge in [-0.2, -0.15) is 0 Å². The van der Waals surface area contributed by atoms with Crippen molar-refractivity contribution in [2.24, 2.45) is 0 Å². The molecule has 0 amide bonds. The molecule has 9 heteroatoms. The molecule has 0 aromatic carbocycles. The van der Waals surface area contributed by atoms with Gasteiger partial charge in [0.05, 0.1) is 6.61 Å². The predicted molar refractivity (Wildman–Crippen MR) is 226 cm³/mol. The summed E-state index contributed by atoms with van der Waals surface area (Å²) >= 11 is 0. The van der Waals surface area contributed by atoms with Gasteiger partial charge in [-0.25, -0.2) is 4.57 Å². The summed E-state index contributed by atoms with van der Waals surface area (Å²) in [6, 6.07) is 0. The van der Waals surface area contributed by atoms with E-state index < -0.39 is 26.5 Å². The first-order valence-corrected chi connectivity index (χ1v) is 24.0. The van der Waals surface area contributed by atoms with Crippen LogP contribution in [0.3, 0.4) is 0 Å². The standard InChI is InChI=1S/C45H85O8P/c1-4-6-8-10-12-14-16-18-19-20-21-22-23-24-25-26-27-28-30-32-34-36-38-40-45(47)53-43(42-52-54(48,49)50-3)41-51-44(46)39-37-35-33-31-29-17-15-13-11-9-7-5-2/h16,18,20-21,43H,4-15,17,19,22-42H2,1-3H3,(H,48,49)/b18-16-,21-20-. The van der Waals surface area contributed by atoms with Crippen LogP contribution >= 0.6 is 7.82 Å². The third-order valence-corrected chi connectivity index (χ3v) is 10.9. The van der Waals surface area contributed by atoms with Crippen molar-refractivity contribution >= 4 is 19.8 Å². The predicted octanol–water partition coefficient (Wildman–Crippen LogP) is 14.2. The number of esters is 2. The minimum absolute atomic E-state index is 0.221. The number of hydrogen-bond donors (Lipinski definition) is 1. The molecule has 0 saturated carbocycles. The summed E-state index contributed by atoms with van der Waals surface area (Å²) < 4.78 is 32.0. The molecule has 8 nitrogen and oxygen atoms in total. The molecule has 0 aromatic rings. The average Bonchev–Trinajstić information content (AvgIpc) is 3.16. The highest BCUT2D eigenvalue weighted by Crippen LogP contribution is 2.42. The molecule has 2 atom stereocenters. The van der Waals surface area contributed by atoms with Crippen molar-refractivity contribution in [3.8, 4) is 0 Å². The Morgan fingerprint density at radius 1 is 0.519 bits per heavy atom. The van der Waals surface area contributed by atoms with Crippen molar-refractivity contribution in [1.29, 1.82) is 0 Å². The zero-order valence-electron chi connectivity index (χ0n) is 35.4. The lowest BCUT2D eigenvalue weighted by molar-refractivity contribution is -0.161. The van der Waals surface area contributed by atoms with Crippen LogP contribution in [0.1, 0.15) is 226 Å². The second kappa shape index (κ2) is 41.2. The van der Waals surface area contributed by atoms with Gasteiger partial charge in [-0.1, -0.05) is 192 Å². The quantitative estimate of drug-likeness (QED) is 0.0282. The molecule has 0 aliphatic heterocycles. The summed E-state index contributed by atoms with van der Waals surface area (Å²) in [6.45, 7) is 3.89. The zero-order chi connectivity index (χ0) is 39.6. The van der Waals surface area contributed by atoms with Crippen molar-refractivity contribution < 1.29 is 37.6 Å². The number of carbonyl (C=O) groups excluding carboxylic acids is 2. The Kier molecular flexibility index (Phi) is 40.1. The third-order valence-electron chi connectivity index (χ3n) is 9.95. The Morgan fingerprint density at radius 2 is 0.889 bits per heavy atom. The van der Waals surface area contributed by atoms with Gasteiger partial charge in [-0.3, -0.25) is 18.6 Å². The van der Waals surface area contributed by atoms with E-state index in [1.54, 1.807) is 0 Å². The molecule has 0 aliphatic carbocycles. The van der Waals surface area contributed by atoms with Crippen molar-refractivity contribution in [2.45, 2.75) is 232 Å². The van der Waals surface area contributed by atoms with E-state index in [2.05, 4.69) is 42.7 Å². The Labute approximate surface area is 333 Å². The lowest BCUT2D eigenvalue weighted by Gasteiger charge is -2.19. The molecule has 2 unspecified atom stereocenters. The van der Waals surface area contributed by atoms with E-state index in [1.165, 1.54) is 154 Å². The average molecular weight is 785 g/mol. The monoisotopic (exact) mass is 785 g/mol. The van der Waals surface area contributed by atoms with Crippen LogP contribution in [0.4, 0.5) is 0 Å². The van der Waals surface area contributed by atoms with Gasteiger partial charge in [0.2, 0.25) is 0 Å². The molecule has 54 heavy (non-hydrogen) atoms. The Morgan fingerprint density at radius 3 is 1.30 bits per heavy atom. The number of carbonyl (C=O) groups is 2. The van der Waals surface area contributed by atoms with Crippen LogP contribution in [0, 0.1) is 0 Å². The van der Waals surface area contributed by atoms with E-state index in [1.807, 2.05) is 0 Å². The van der Waals surface area contributed by atoms with E-state index in [4.69, 9.17) is 14.0 Å². The second-order valence-electron chi connectivity index (χ2n) is 15.2. The number of phosphoric ester groups is 1. The van der Waals surface area contributed by atoms with Gasteiger partial charge in [-0.15, -0.1) is 0 Å².